The summed E-state index contributed by atoms with van der Waals surface area (Å²) in [5, 5.41) is 3.07. The average Bonchev–Trinajstić information content (AvgIpc) is 3.44. The van der Waals surface area contributed by atoms with Crippen LogP contribution in [0.3, 0.4) is 0 Å². The van der Waals surface area contributed by atoms with E-state index in [4.69, 9.17) is 0 Å². The number of benzene rings is 1. The van der Waals surface area contributed by atoms with Gasteiger partial charge in [0.15, 0.2) is 0 Å². The first-order valence-electron chi connectivity index (χ1n) is 11.4. The fraction of sp³-hybridized carbons (Fsp3) is 0.542. The van der Waals surface area contributed by atoms with Crippen molar-refractivity contribution in [3.8, 4) is 0 Å². The number of aryl methyl sites for hydroxylation is 1. The molecule has 0 saturated carbocycles. The SMILES string of the molecule is CN1CCC(CCC(=O)N2CC[C@]3(C(=O)Nc4ccccc43)[C@@H]2c2nccn2C)CC1. The first-order chi connectivity index (χ1) is 15.0. The second-order valence-corrected chi connectivity index (χ2v) is 9.39. The summed E-state index contributed by atoms with van der Waals surface area (Å²) in [4.78, 5) is 35.7. The van der Waals surface area contributed by atoms with Crippen LogP contribution in [0.25, 0.3) is 0 Å². The van der Waals surface area contributed by atoms with Gasteiger partial charge in [0.25, 0.3) is 0 Å². The largest absolute Gasteiger partial charge is 0.336 e. The first-order valence-corrected chi connectivity index (χ1v) is 11.4. The number of rotatable bonds is 4. The standard InChI is InChI=1S/C24H31N5O2/c1-27-13-9-17(10-14-27)7-8-20(30)29-15-11-24(21(29)22-25-12-16-28(22)2)18-5-3-4-6-19(18)26-23(24)31/h3-6,12,16-17,21H,7-11,13-15H2,1-2H3,(H,26,31)/t21-,24+/m0/s1. The second-order valence-electron chi connectivity index (χ2n) is 9.39. The number of para-hydroxylation sites is 1. The van der Waals surface area contributed by atoms with Gasteiger partial charge in [-0.1, -0.05) is 18.2 Å². The predicted octanol–water partition coefficient (Wildman–Crippen LogP) is 2.71. The van der Waals surface area contributed by atoms with Gasteiger partial charge in [0.1, 0.15) is 17.3 Å². The first kappa shape index (κ1) is 20.2. The summed E-state index contributed by atoms with van der Waals surface area (Å²) >= 11 is 0. The highest BCUT2D eigenvalue weighted by Crippen LogP contribution is 2.54. The molecule has 31 heavy (non-hydrogen) atoms. The summed E-state index contributed by atoms with van der Waals surface area (Å²) < 4.78 is 1.95. The zero-order chi connectivity index (χ0) is 21.6. The molecule has 0 bridgehead atoms. The van der Waals surface area contributed by atoms with Crippen LogP contribution in [0.4, 0.5) is 5.69 Å². The molecule has 0 unspecified atom stereocenters. The lowest BCUT2D eigenvalue weighted by atomic mass is 9.74. The lowest BCUT2D eigenvalue weighted by molar-refractivity contribution is -0.134. The molecule has 2 aromatic rings. The number of anilines is 1. The summed E-state index contributed by atoms with van der Waals surface area (Å²) in [6.07, 6.45) is 8.04. The number of amides is 2. The quantitative estimate of drug-likeness (QED) is 0.824. The van der Waals surface area contributed by atoms with Crippen molar-refractivity contribution in [3.05, 3.63) is 48.0 Å². The smallest absolute Gasteiger partial charge is 0.237 e. The van der Waals surface area contributed by atoms with Gasteiger partial charge in [0, 0.05) is 38.1 Å². The monoisotopic (exact) mass is 421 g/mol. The van der Waals surface area contributed by atoms with Crippen molar-refractivity contribution in [1.29, 1.82) is 0 Å². The van der Waals surface area contributed by atoms with Crippen LogP contribution in [0.15, 0.2) is 36.7 Å². The summed E-state index contributed by atoms with van der Waals surface area (Å²) in [6, 6.07) is 7.49. The fourth-order valence-electron chi connectivity index (χ4n) is 5.78. The van der Waals surface area contributed by atoms with Gasteiger partial charge in [-0.3, -0.25) is 9.59 Å². The van der Waals surface area contributed by atoms with Gasteiger partial charge in [-0.15, -0.1) is 0 Å². The zero-order valence-corrected chi connectivity index (χ0v) is 18.4. The summed E-state index contributed by atoms with van der Waals surface area (Å²) in [6.45, 7) is 2.79. The molecule has 0 aliphatic carbocycles. The van der Waals surface area contributed by atoms with E-state index in [1.807, 2.05) is 47.0 Å². The van der Waals surface area contributed by atoms with Crippen LogP contribution in [0, 0.1) is 5.92 Å². The number of hydrogen-bond donors (Lipinski definition) is 1. The normalized spacial score (nSPS) is 26.5. The third-order valence-corrected chi connectivity index (χ3v) is 7.61. The lowest BCUT2D eigenvalue weighted by Crippen LogP contribution is -2.43. The molecule has 3 aliphatic rings. The van der Waals surface area contributed by atoms with Gasteiger partial charge in [-0.2, -0.15) is 0 Å². The Labute approximate surface area is 183 Å². The van der Waals surface area contributed by atoms with Crippen LogP contribution < -0.4 is 5.32 Å². The number of nitrogens with zero attached hydrogens (tertiary/aromatic N) is 4. The van der Waals surface area contributed by atoms with Gasteiger partial charge < -0.3 is 19.7 Å². The minimum Gasteiger partial charge on any atom is -0.336 e. The third-order valence-electron chi connectivity index (χ3n) is 7.61. The third kappa shape index (κ3) is 3.26. The number of aromatic nitrogens is 2. The summed E-state index contributed by atoms with van der Waals surface area (Å²) in [7, 11) is 4.10. The molecule has 1 aromatic heterocycles. The van der Waals surface area contributed by atoms with E-state index in [-0.39, 0.29) is 17.9 Å². The number of carbonyl (C=O) groups excluding carboxylic acids is 2. The zero-order valence-electron chi connectivity index (χ0n) is 18.4. The maximum Gasteiger partial charge on any atom is 0.237 e. The molecule has 2 atom stereocenters. The Balaban J connectivity index is 1.44. The predicted molar refractivity (Wildman–Crippen MR) is 118 cm³/mol. The number of piperidine rings is 1. The van der Waals surface area contributed by atoms with E-state index >= 15 is 0 Å². The highest BCUT2D eigenvalue weighted by molar-refractivity contribution is 6.07. The molecule has 2 saturated heterocycles. The molecule has 5 rings (SSSR count). The molecule has 7 heteroatoms. The molecular formula is C24H31N5O2. The van der Waals surface area contributed by atoms with E-state index in [1.54, 1.807) is 6.20 Å². The Hall–Kier alpha value is -2.67. The topological polar surface area (TPSA) is 70.5 Å². The van der Waals surface area contributed by atoms with E-state index in [1.165, 1.54) is 0 Å². The Morgan fingerprint density at radius 3 is 2.71 bits per heavy atom. The summed E-state index contributed by atoms with van der Waals surface area (Å²) in [5.41, 5.74) is 1.06. The molecule has 7 nitrogen and oxygen atoms in total. The number of fused-ring (bicyclic) bond motifs is 2. The van der Waals surface area contributed by atoms with E-state index < -0.39 is 5.41 Å². The molecule has 1 spiro atoms. The highest BCUT2D eigenvalue weighted by Gasteiger charge is 2.60. The number of hydrogen-bond acceptors (Lipinski definition) is 4. The molecule has 2 fully saturated rings. The van der Waals surface area contributed by atoms with E-state index in [9.17, 15) is 9.59 Å². The maximum atomic E-state index is 13.5. The van der Waals surface area contributed by atoms with Crippen LogP contribution in [0.1, 0.15) is 49.5 Å². The van der Waals surface area contributed by atoms with Crippen molar-refractivity contribution in [1.82, 2.24) is 19.4 Å². The van der Waals surface area contributed by atoms with Gasteiger partial charge in [-0.05, 0) is 63.4 Å². The van der Waals surface area contributed by atoms with Crippen LogP contribution in [-0.2, 0) is 22.1 Å². The molecule has 0 radical (unpaired) electrons. The Kier molecular flexibility index (Phi) is 5.08. The average molecular weight is 422 g/mol. The maximum absolute atomic E-state index is 13.5. The summed E-state index contributed by atoms with van der Waals surface area (Å²) in [5.74, 6) is 1.50. The van der Waals surface area contributed by atoms with Crippen LogP contribution in [0.5, 0.6) is 0 Å². The number of imidazole rings is 1. The molecule has 1 aromatic carbocycles. The van der Waals surface area contributed by atoms with Crippen molar-refractivity contribution in [3.63, 3.8) is 0 Å². The molecular weight excluding hydrogens is 390 g/mol. The Bertz CT molecular complexity index is 993. The molecule has 1 N–H and O–H groups in total. The molecule has 2 amide bonds. The van der Waals surface area contributed by atoms with Crippen molar-refractivity contribution in [2.75, 3.05) is 32.0 Å². The van der Waals surface area contributed by atoms with Gasteiger partial charge >= 0.3 is 0 Å². The van der Waals surface area contributed by atoms with Crippen molar-refractivity contribution in [2.24, 2.45) is 13.0 Å². The molecule has 4 heterocycles. The Morgan fingerprint density at radius 1 is 1.19 bits per heavy atom. The fourth-order valence-corrected chi connectivity index (χ4v) is 5.78. The van der Waals surface area contributed by atoms with E-state index in [0.717, 1.165) is 49.4 Å². The van der Waals surface area contributed by atoms with Crippen molar-refractivity contribution < 1.29 is 9.59 Å². The molecule has 164 valence electrons. The number of nitrogens with one attached hydrogen (secondary N) is 1. The highest BCUT2D eigenvalue weighted by atomic mass is 16.2. The number of likely N-dealkylation sites (tertiary alicyclic amines) is 2. The minimum atomic E-state index is -0.779. The van der Waals surface area contributed by atoms with Gasteiger partial charge in [0.05, 0.1) is 0 Å². The van der Waals surface area contributed by atoms with Gasteiger partial charge in [0.2, 0.25) is 11.8 Å². The lowest BCUT2D eigenvalue weighted by Gasteiger charge is -2.34. The van der Waals surface area contributed by atoms with E-state index in [0.29, 0.717) is 25.3 Å². The van der Waals surface area contributed by atoms with Crippen LogP contribution >= 0.6 is 0 Å². The second kappa shape index (κ2) is 7.79. The Morgan fingerprint density at radius 2 is 1.97 bits per heavy atom. The minimum absolute atomic E-state index is 0.0210. The van der Waals surface area contributed by atoms with Crippen molar-refractivity contribution in [2.45, 2.75) is 43.6 Å². The molecule has 3 aliphatic heterocycles. The van der Waals surface area contributed by atoms with E-state index in [2.05, 4.69) is 22.2 Å². The van der Waals surface area contributed by atoms with Gasteiger partial charge in [-0.25, -0.2) is 4.98 Å². The van der Waals surface area contributed by atoms with Crippen molar-refractivity contribution >= 4 is 17.5 Å². The van der Waals surface area contributed by atoms with Crippen LogP contribution in [-0.4, -0.2) is 57.8 Å². The number of carbonyl (C=O) groups is 2. The van der Waals surface area contributed by atoms with Crippen LogP contribution in [0.2, 0.25) is 0 Å².